The number of halogens is 3. The lowest BCUT2D eigenvalue weighted by Gasteiger charge is -2.41. The molecule has 0 saturated heterocycles. The molecule has 6 nitrogen and oxygen atoms in total. The van der Waals surface area contributed by atoms with E-state index < -0.39 is 18.2 Å². The molecule has 4 rings (SSSR count). The maximum absolute atomic E-state index is 13.1. The van der Waals surface area contributed by atoms with E-state index in [0.717, 1.165) is 5.56 Å². The SMILES string of the molecule is Cc1ccc(-c2nnc(NC3CC(C)(O)C3)n3nc(C)cc23)c(CC(F)(F)F)c1. The van der Waals surface area contributed by atoms with Gasteiger partial charge in [0.2, 0.25) is 5.95 Å². The molecule has 0 spiro atoms. The van der Waals surface area contributed by atoms with Crippen molar-refractivity contribution in [2.24, 2.45) is 0 Å². The number of rotatable bonds is 4. The number of nitrogens with one attached hydrogen (secondary N) is 1. The van der Waals surface area contributed by atoms with Crippen LogP contribution in [0.1, 0.15) is 36.6 Å². The third-order valence-corrected chi connectivity index (χ3v) is 5.13. The first-order valence-electron chi connectivity index (χ1n) is 9.39. The van der Waals surface area contributed by atoms with E-state index in [1.54, 1.807) is 43.5 Å². The van der Waals surface area contributed by atoms with E-state index in [1.807, 2.05) is 0 Å². The summed E-state index contributed by atoms with van der Waals surface area (Å²) in [5, 5.41) is 26.0. The number of anilines is 1. The molecule has 0 unspecified atom stereocenters. The third-order valence-electron chi connectivity index (χ3n) is 5.13. The zero-order valence-corrected chi connectivity index (χ0v) is 16.4. The zero-order chi connectivity index (χ0) is 21.0. The van der Waals surface area contributed by atoms with Crippen LogP contribution >= 0.6 is 0 Å². The Morgan fingerprint density at radius 2 is 1.93 bits per heavy atom. The number of aliphatic hydroxyl groups is 1. The smallest absolute Gasteiger partial charge is 0.390 e. The van der Waals surface area contributed by atoms with Gasteiger partial charge >= 0.3 is 6.18 Å². The second-order valence-corrected chi connectivity index (χ2v) is 8.15. The number of aromatic nitrogens is 4. The highest BCUT2D eigenvalue weighted by Gasteiger charge is 2.39. The Labute approximate surface area is 165 Å². The summed E-state index contributed by atoms with van der Waals surface area (Å²) >= 11 is 0. The van der Waals surface area contributed by atoms with E-state index in [4.69, 9.17) is 0 Å². The van der Waals surface area contributed by atoms with Crippen molar-refractivity contribution >= 4 is 11.5 Å². The van der Waals surface area contributed by atoms with Crippen molar-refractivity contribution in [1.82, 2.24) is 19.8 Å². The average Bonchev–Trinajstić information content (AvgIpc) is 2.94. The molecular weight excluding hydrogens is 383 g/mol. The van der Waals surface area contributed by atoms with E-state index >= 15 is 0 Å². The molecule has 0 aliphatic heterocycles. The van der Waals surface area contributed by atoms with Gasteiger partial charge in [-0.3, -0.25) is 0 Å². The highest BCUT2D eigenvalue weighted by atomic mass is 19.4. The molecule has 0 atom stereocenters. The van der Waals surface area contributed by atoms with Crippen molar-refractivity contribution in [2.45, 2.75) is 57.9 Å². The molecule has 0 amide bonds. The summed E-state index contributed by atoms with van der Waals surface area (Å²) < 4.78 is 40.9. The maximum Gasteiger partial charge on any atom is 0.393 e. The average molecular weight is 405 g/mol. The fraction of sp³-hybridized carbons (Fsp3) is 0.450. The molecule has 29 heavy (non-hydrogen) atoms. The van der Waals surface area contributed by atoms with Gasteiger partial charge in [0, 0.05) is 11.6 Å². The maximum atomic E-state index is 13.1. The highest BCUT2D eigenvalue weighted by Crippen LogP contribution is 2.35. The lowest BCUT2D eigenvalue weighted by molar-refractivity contribution is -0.127. The first-order chi connectivity index (χ1) is 13.5. The zero-order valence-electron chi connectivity index (χ0n) is 16.4. The summed E-state index contributed by atoms with van der Waals surface area (Å²) in [4.78, 5) is 0. The molecule has 2 aromatic heterocycles. The topological polar surface area (TPSA) is 75.3 Å². The quantitative estimate of drug-likeness (QED) is 0.690. The fourth-order valence-electron chi connectivity index (χ4n) is 3.90. The molecule has 9 heteroatoms. The Morgan fingerprint density at radius 1 is 1.21 bits per heavy atom. The van der Waals surface area contributed by atoms with E-state index in [1.165, 1.54) is 6.07 Å². The molecule has 2 heterocycles. The van der Waals surface area contributed by atoms with Crippen LogP contribution in [-0.2, 0) is 6.42 Å². The molecule has 3 aromatic rings. The molecule has 0 radical (unpaired) electrons. The monoisotopic (exact) mass is 405 g/mol. The predicted octanol–water partition coefficient (Wildman–Crippen LogP) is 3.84. The van der Waals surface area contributed by atoms with Crippen LogP contribution in [-0.4, -0.2) is 42.7 Å². The van der Waals surface area contributed by atoms with Crippen LogP contribution in [0.2, 0.25) is 0 Å². The molecular formula is C20H22F3N5O. The molecule has 1 fully saturated rings. The number of alkyl halides is 3. The van der Waals surface area contributed by atoms with Gasteiger partial charge in [-0.25, -0.2) is 0 Å². The summed E-state index contributed by atoms with van der Waals surface area (Å²) in [5.41, 5.74) is 2.24. The first-order valence-corrected chi connectivity index (χ1v) is 9.39. The van der Waals surface area contributed by atoms with Gasteiger partial charge in [0.1, 0.15) is 5.69 Å². The van der Waals surface area contributed by atoms with Crippen LogP contribution < -0.4 is 5.32 Å². The minimum atomic E-state index is -4.33. The summed E-state index contributed by atoms with van der Waals surface area (Å²) in [6.07, 6.45) is -4.22. The number of hydrogen-bond donors (Lipinski definition) is 2. The standard InChI is InChI=1S/C20H22F3N5O/c1-11-4-5-15(13(6-11)8-20(21,22)23)17-16-7-12(2)27-28(16)18(26-25-17)24-14-9-19(3,29)10-14/h4-7,14,29H,8-10H2,1-3H3,(H,24,26). The molecule has 1 aliphatic rings. The number of hydrogen-bond acceptors (Lipinski definition) is 5. The number of fused-ring (bicyclic) bond motifs is 1. The number of nitrogens with zero attached hydrogens (tertiary/aromatic N) is 4. The van der Waals surface area contributed by atoms with Gasteiger partial charge < -0.3 is 10.4 Å². The van der Waals surface area contributed by atoms with Crippen molar-refractivity contribution in [3.63, 3.8) is 0 Å². The Hall–Kier alpha value is -2.68. The molecule has 1 aliphatic carbocycles. The minimum absolute atomic E-state index is 0.0398. The summed E-state index contributed by atoms with van der Waals surface area (Å²) in [5.74, 6) is 0.404. The van der Waals surface area contributed by atoms with E-state index in [0.29, 0.717) is 41.3 Å². The first kappa shape index (κ1) is 19.6. The van der Waals surface area contributed by atoms with Crippen LogP contribution in [0.4, 0.5) is 19.1 Å². The lowest BCUT2D eigenvalue weighted by atomic mass is 9.77. The molecule has 154 valence electrons. The Bertz CT molecular complexity index is 1070. The normalized spacial score (nSPS) is 22.0. The highest BCUT2D eigenvalue weighted by molar-refractivity contribution is 5.79. The van der Waals surface area contributed by atoms with Gasteiger partial charge in [-0.05, 0) is 45.2 Å². The van der Waals surface area contributed by atoms with E-state index in [9.17, 15) is 18.3 Å². The predicted molar refractivity (Wildman–Crippen MR) is 103 cm³/mol. The van der Waals surface area contributed by atoms with Gasteiger partial charge in [0.25, 0.3) is 0 Å². The second kappa shape index (κ2) is 6.69. The third kappa shape index (κ3) is 4.05. The molecule has 2 N–H and O–H groups in total. The number of aryl methyl sites for hydroxylation is 2. The Morgan fingerprint density at radius 3 is 2.59 bits per heavy atom. The van der Waals surface area contributed by atoms with Crippen molar-refractivity contribution in [3.05, 3.63) is 41.1 Å². The van der Waals surface area contributed by atoms with Crippen molar-refractivity contribution in [2.75, 3.05) is 5.32 Å². The van der Waals surface area contributed by atoms with Crippen LogP contribution in [0.3, 0.4) is 0 Å². The fourth-order valence-corrected chi connectivity index (χ4v) is 3.90. The van der Waals surface area contributed by atoms with Crippen molar-refractivity contribution in [3.8, 4) is 11.3 Å². The van der Waals surface area contributed by atoms with Gasteiger partial charge in [0.05, 0.1) is 23.2 Å². The second-order valence-electron chi connectivity index (χ2n) is 8.15. The van der Waals surface area contributed by atoms with Gasteiger partial charge in [0.15, 0.2) is 0 Å². The van der Waals surface area contributed by atoms with Crippen molar-refractivity contribution < 1.29 is 18.3 Å². The van der Waals surface area contributed by atoms with Crippen molar-refractivity contribution in [1.29, 1.82) is 0 Å². The van der Waals surface area contributed by atoms with Gasteiger partial charge in [-0.1, -0.05) is 23.8 Å². The van der Waals surface area contributed by atoms with Gasteiger partial charge in [-0.15, -0.1) is 10.2 Å². The minimum Gasteiger partial charge on any atom is -0.390 e. The molecule has 1 saturated carbocycles. The molecule has 1 aromatic carbocycles. The van der Waals surface area contributed by atoms with Crippen LogP contribution in [0.25, 0.3) is 16.8 Å². The van der Waals surface area contributed by atoms with Gasteiger partial charge in [-0.2, -0.15) is 22.8 Å². The Balaban J connectivity index is 1.77. The lowest BCUT2D eigenvalue weighted by Crippen LogP contribution is -2.48. The summed E-state index contributed by atoms with van der Waals surface area (Å²) in [6, 6.07) is 6.77. The number of benzene rings is 1. The summed E-state index contributed by atoms with van der Waals surface area (Å²) in [6.45, 7) is 5.34. The van der Waals surface area contributed by atoms with E-state index in [-0.39, 0.29) is 11.6 Å². The largest absolute Gasteiger partial charge is 0.393 e. The van der Waals surface area contributed by atoms with E-state index in [2.05, 4.69) is 20.6 Å². The van der Waals surface area contributed by atoms with Crippen LogP contribution in [0, 0.1) is 13.8 Å². The Kier molecular flexibility index (Phi) is 4.53. The van der Waals surface area contributed by atoms with Crippen LogP contribution in [0.15, 0.2) is 24.3 Å². The van der Waals surface area contributed by atoms with Crippen LogP contribution in [0.5, 0.6) is 0 Å². The summed E-state index contributed by atoms with van der Waals surface area (Å²) in [7, 11) is 0. The molecule has 0 bridgehead atoms.